The fourth-order valence-electron chi connectivity index (χ4n) is 3.21. The third kappa shape index (κ3) is 5.21. The molecule has 35 heavy (non-hydrogen) atoms. The predicted molar refractivity (Wildman–Crippen MR) is 128 cm³/mol. The number of methoxy groups -OCH3 is 1. The molecule has 0 spiro atoms. The van der Waals surface area contributed by atoms with Crippen LogP contribution in [-0.2, 0) is 26.2 Å². The topological polar surface area (TPSA) is 102 Å². The number of fused-ring (bicyclic) bond motifs is 1. The third-order valence-corrected chi connectivity index (χ3v) is 9.21. The molecule has 184 valence electrons. The van der Waals surface area contributed by atoms with E-state index in [1.165, 1.54) is 30.3 Å². The number of thiophene rings is 1. The van der Waals surface area contributed by atoms with Crippen molar-refractivity contribution in [2.24, 2.45) is 0 Å². The fraction of sp³-hybridized carbons (Fsp3) is 0.0909. The number of nitrogens with one attached hydrogen (secondary N) is 2. The summed E-state index contributed by atoms with van der Waals surface area (Å²) in [5.41, 5.74) is -1.48. The van der Waals surface area contributed by atoms with Crippen molar-refractivity contribution in [3.8, 4) is 5.75 Å². The van der Waals surface area contributed by atoms with E-state index in [0.717, 1.165) is 34.6 Å². The van der Waals surface area contributed by atoms with Crippen molar-refractivity contribution in [3.05, 3.63) is 78.4 Å². The first-order valence-electron chi connectivity index (χ1n) is 9.79. The lowest BCUT2D eigenvalue weighted by Gasteiger charge is -2.16. The Balaban J connectivity index is 1.69. The van der Waals surface area contributed by atoms with Gasteiger partial charge in [0.1, 0.15) is 14.9 Å². The maximum absolute atomic E-state index is 13.2. The van der Waals surface area contributed by atoms with Crippen molar-refractivity contribution >= 4 is 52.8 Å². The highest BCUT2D eigenvalue weighted by molar-refractivity contribution is 7.95. The molecule has 7 nitrogen and oxygen atoms in total. The highest BCUT2D eigenvalue weighted by atomic mass is 32.2. The summed E-state index contributed by atoms with van der Waals surface area (Å²) in [6.07, 6.45) is -4.78. The Morgan fingerprint density at radius 3 is 2.00 bits per heavy atom. The zero-order valence-electron chi connectivity index (χ0n) is 17.8. The number of anilines is 2. The summed E-state index contributed by atoms with van der Waals surface area (Å²) < 4.78 is 102. The molecule has 0 aliphatic rings. The van der Waals surface area contributed by atoms with E-state index in [9.17, 15) is 30.0 Å². The number of alkyl halides is 3. The Bertz CT molecular complexity index is 1580. The SMILES string of the molecule is COc1ccc(C(F)(F)F)cc1S(=O)(=O)Nc1ccccc1NS(=O)(=O)c1cc2ccccc2s1. The molecular weight excluding hydrogens is 525 g/mol. The van der Waals surface area contributed by atoms with Gasteiger partial charge in [0.05, 0.1) is 24.0 Å². The molecule has 13 heteroatoms. The Morgan fingerprint density at radius 1 is 0.800 bits per heavy atom. The van der Waals surface area contributed by atoms with Crippen LogP contribution in [0.15, 0.2) is 81.9 Å². The average Bonchev–Trinajstić information content (AvgIpc) is 3.24. The molecule has 0 bridgehead atoms. The maximum atomic E-state index is 13.2. The van der Waals surface area contributed by atoms with Gasteiger partial charge in [-0.1, -0.05) is 30.3 Å². The van der Waals surface area contributed by atoms with Crippen LogP contribution >= 0.6 is 11.3 Å². The molecule has 0 unspecified atom stereocenters. The molecule has 0 aliphatic carbocycles. The van der Waals surface area contributed by atoms with Crippen LogP contribution in [0.5, 0.6) is 5.75 Å². The quantitative estimate of drug-likeness (QED) is 0.320. The molecule has 0 amide bonds. The van der Waals surface area contributed by atoms with Crippen molar-refractivity contribution in [1.29, 1.82) is 0 Å². The summed E-state index contributed by atoms with van der Waals surface area (Å²) in [4.78, 5) is -0.753. The van der Waals surface area contributed by atoms with E-state index in [-0.39, 0.29) is 21.3 Å². The molecule has 0 saturated heterocycles. The molecule has 0 saturated carbocycles. The zero-order valence-corrected chi connectivity index (χ0v) is 20.3. The third-order valence-electron chi connectivity index (χ3n) is 4.86. The van der Waals surface area contributed by atoms with Gasteiger partial charge in [-0.2, -0.15) is 13.2 Å². The zero-order chi connectivity index (χ0) is 25.4. The van der Waals surface area contributed by atoms with Gasteiger partial charge in [-0.25, -0.2) is 16.8 Å². The number of hydrogen-bond acceptors (Lipinski definition) is 6. The number of ether oxygens (including phenoxy) is 1. The Labute approximate surface area is 203 Å². The fourth-order valence-corrected chi connectivity index (χ4v) is 6.96. The van der Waals surface area contributed by atoms with Crippen molar-refractivity contribution < 1.29 is 34.7 Å². The molecular formula is C22H17F3N2O5S3. The normalized spacial score (nSPS) is 12.5. The molecule has 4 rings (SSSR count). The molecule has 1 heterocycles. The van der Waals surface area contributed by atoms with Crippen molar-refractivity contribution in [1.82, 2.24) is 0 Å². The lowest BCUT2D eigenvalue weighted by Crippen LogP contribution is -2.18. The minimum Gasteiger partial charge on any atom is -0.495 e. The van der Waals surface area contributed by atoms with Crippen LogP contribution < -0.4 is 14.2 Å². The summed E-state index contributed by atoms with van der Waals surface area (Å²) >= 11 is 1.04. The molecule has 2 N–H and O–H groups in total. The molecule has 0 atom stereocenters. The van der Waals surface area contributed by atoms with E-state index in [0.29, 0.717) is 12.1 Å². The summed E-state index contributed by atoms with van der Waals surface area (Å²) in [6, 6.07) is 16.1. The summed E-state index contributed by atoms with van der Waals surface area (Å²) in [5, 5.41) is 0.725. The van der Waals surface area contributed by atoms with Crippen LogP contribution in [0.2, 0.25) is 0 Å². The summed E-state index contributed by atoms with van der Waals surface area (Å²) in [5.74, 6) is -0.311. The van der Waals surface area contributed by atoms with Crippen LogP contribution in [0.25, 0.3) is 10.1 Å². The number of sulfonamides is 2. The van der Waals surface area contributed by atoms with Gasteiger partial charge in [-0.05, 0) is 47.9 Å². The highest BCUT2D eigenvalue weighted by Crippen LogP contribution is 2.36. The van der Waals surface area contributed by atoms with Crippen LogP contribution in [0, 0.1) is 0 Å². The van der Waals surface area contributed by atoms with Gasteiger partial charge < -0.3 is 4.74 Å². The second kappa shape index (κ2) is 9.06. The smallest absolute Gasteiger partial charge is 0.416 e. The molecule has 3 aromatic carbocycles. The molecule has 4 aromatic rings. The number of halogens is 3. The van der Waals surface area contributed by atoms with Gasteiger partial charge in [-0.3, -0.25) is 9.44 Å². The number of benzene rings is 3. The van der Waals surface area contributed by atoms with Gasteiger partial charge in [0.15, 0.2) is 0 Å². The lowest BCUT2D eigenvalue weighted by atomic mass is 10.2. The minimum atomic E-state index is -4.78. The predicted octanol–water partition coefficient (Wildman–Crippen LogP) is 5.53. The van der Waals surface area contributed by atoms with Crippen molar-refractivity contribution in [2.45, 2.75) is 15.3 Å². The van der Waals surface area contributed by atoms with Crippen LogP contribution in [0.1, 0.15) is 5.56 Å². The molecule has 0 radical (unpaired) electrons. The van der Waals surface area contributed by atoms with Gasteiger partial charge in [0, 0.05) is 4.70 Å². The number of para-hydroxylation sites is 2. The van der Waals surface area contributed by atoms with Crippen molar-refractivity contribution in [2.75, 3.05) is 16.6 Å². The molecule has 0 fully saturated rings. The van der Waals surface area contributed by atoms with E-state index in [1.54, 1.807) is 24.3 Å². The van der Waals surface area contributed by atoms with E-state index in [1.807, 2.05) is 0 Å². The van der Waals surface area contributed by atoms with Crippen LogP contribution in [-0.4, -0.2) is 23.9 Å². The second-order valence-electron chi connectivity index (χ2n) is 7.22. The summed E-state index contributed by atoms with van der Waals surface area (Å²) in [7, 11) is -7.59. The first kappa shape index (κ1) is 24.8. The minimum absolute atomic E-state index is 0.0101. The van der Waals surface area contributed by atoms with Gasteiger partial charge >= 0.3 is 6.18 Å². The Hall–Kier alpha value is -3.29. The lowest BCUT2D eigenvalue weighted by molar-refractivity contribution is -0.137. The Kier molecular flexibility index (Phi) is 6.42. The average molecular weight is 543 g/mol. The standard InChI is InChI=1S/C22H17F3N2O5S3/c1-32-18-11-10-15(22(23,24)25)13-20(18)34(28,29)26-16-7-3-4-8-17(16)27-35(30,31)21-12-14-6-2-5-9-19(14)33-21/h2-13,26-27H,1H3. The molecule has 0 aliphatic heterocycles. The molecule has 1 aromatic heterocycles. The maximum Gasteiger partial charge on any atom is 0.416 e. The van der Waals surface area contributed by atoms with E-state index < -0.39 is 36.7 Å². The van der Waals surface area contributed by atoms with Crippen LogP contribution in [0.4, 0.5) is 24.5 Å². The number of hydrogen-bond donors (Lipinski definition) is 2. The van der Waals surface area contributed by atoms with Gasteiger partial charge in [0.25, 0.3) is 20.0 Å². The van der Waals surface area contributed by atoms with Crippen LogP contribution in [0.3, 0.4) is 0 Å². The van der Waals surface area contributed by atoms with Crippen molar-refractivity contribution in [3.63, 3.8) is 0 Å². The van der Waals surface area contributed by atoms with E-state index in [2.05, 4.69) is 9.44 Å². The van der Waals surface area contributed by atoms with Gasteiger partial charge in [-0.15, -0.1) is 11.3 Å². The van der Waals surface area contributed by atoms with E-state index >= 15 is 0 Å². The monoisotopic (exact) mass is 542 g/mol. The Morgan fingerprint density at radius 2 is 1.40 bits per heavy atom. The van der Waals surface area contributed by atoms with Gasteiger partial charge in [0.2, 0.25) is 0 Å². The largest absolute Gasteiger partial charge is 0.495 e. The first-order valence-corrected chi connectivity index (χ1v) is 13.6. The number of rotatable bonds is 7. The van der Waals surface area contributed by atoms with E-state index in [4.69, 9.17) is 4.74 Å². The second-order valence-corrected chi connectivity index (χ2v) is 11.9. The summed E-state index contributed by atoms with van der Waals surface area (Å²) in [6.45, 7) is 0. The highest BCUT2D eigenvalue weighted by Gasteiger charge is 2.33. The first-order chi connectivity index (χ1) is 16.4.